The third kappa shape index (κ3) is 3.31. The highest BCUT2D eigenvalue weighted by molar-refractivity contribution is 5.84. The number of phenols is 1. The minimum Gasteiger partial charge on any atom is -0.508 e. The smallest absolute Gasteiger partial charge is 0.223 e. The van der Waals surface area contributed by atoms with Crippen LogP contribution in [0.5, 0.6) is 5.75 Å². The monoisotopic (exact) mass is 371 g/mol. The fourth-order valence-electron chi connectivity index (χ4n) is 5.33. The van der Waals surface area contributed by atoms with Crippen molar-refractivity contribution < 1.29 is 14.7 Å². The van der Waals surface area contributed by atoms with Crippen LogP contribution in [-0.2, 0) is 9.59 Å². The van der Waals surface area contributed by atoms with Crippen LogP contribution in [0.4, 0.5) is 0 Å². The molecule has 4 fully saturated rings. The van der Waals surface area contributed by atoms with E-state index in [9.17, 15) is 14.7 Å². The number of benzene rings is 1. The fourth-order valence-corrected chi connectivity index (χ4v) is 5.33. The van der Waals surface area contributed by atoms with Gasteiger partial charge in [0.25, 0.3) is 0 Å². The maximum atomic E-state index is 13.0. The Kier molecular flexibility index (Phi) is 4.84. The molecule has 27 heavy (non-hydrogen) atoms. The number of carbonyl (C=O) groups is 2. The topological polar surface area (TPSA) is 64.1 Å². The van der Waals surface area contributed by atoms with Gasteiger partial charge >= 0.3 is 0 Å². The van der Waals surface area contributed by atoms with Gasteiger partial charge in [-0.1, -0.05) is 12.1 Å². The summed E-state index contributed by atoms with van der Waals surface area (Å²) in [5, 5.41) is 9.94. The molecule has 0 aliphatic carbocycles. The van der Waals surface area contributed by atoms with Crippen molar-refractivity contribution in [3.8, 4) is 5.75 Å². The number of hydrogen-bond donors (Lipinski definition) is 1. The van der Waals surface area contributed by atoms with Crippen molar-refractivity contribution in [2.75, 3.05) is 33.7 Å². The molecule has 6 heteroatoms. The van der Waals surface area contributed by atoms with E-state index in [1.807, 2.05) is 12.1 Å². The van der Waals surface area contributed by atoms with E-state index < -0.39 is 0 Å². The van der Waals surface area contributed by atoms with Crippen molar-refractivity contribution in [1.82, 2.24) is 14.7 Å². The van der Waals surface area contributed by atoms with E-state index in [0.717, 1.165) is 31.5 Å². The van der Waals surface area contributed by atoms with E-state index in [-0.39, 0.29) is 42.4 Å². The number of piperidine rings is 3. The average Bonchev–Trinajstić information content (AvgIpc) is 3.09. The van der Waals surface area contributed by atoms with Gasteiger partial charge in [0, 0.05) is 45.4 Å². The number of hydrogen-bond acceptors (Lipinski definition) is 4. The highest BCUT2D eigenvalue weighted by Gasteiger charge is 2.54. The summed E-state index contributed by atoms with van der Waals surface area (Å²) >= 11 is 0. The standard InChI is InChI=1S/C21H29N3O3/c1-22(2)18(26)6-7-19(27)24-13-17(15-4-3-5-16(25)12-15)21-20(24)14-8-10-23(21)11-9-14/h3-5,12,14,17,20-21,25H,6-11,13H2,1-2H3. The Morgan fingerprint density at radius 2 is 1.89 bits per heavy atom. The van der Waals surface area contributed by atoms with Crippen molar-refractivity contribution in [2.45, 2.75) is 43.7 Å². The van der Waals surface area contributed by atoms with Crippen molar-refractivity contribution in [2.24, 2.45) is 5.92 Å². The van der Waals surface area contributed by atoms with Crippen LogP contribution in [-0.4, -0.2) is 77.4 Å². The summed E-state index contributed by atoms with van der Waals surface area (Å²) in [7, 11) is 3.45. The van der Waals surface area contributed by atoms with Crippen molar-refractivity contribution >= 4 is 11.8 Å². The Balaban J connectivity index is 1.57. The summed E-state index contributed by atoms with van der Waals surface area (Å²) in [6, 6.07) is 8.05. The highest BCUT2D eigenvalue weighted by Crippen LogP contribution is 2.47. The number of nitrogens with zero attached hydrogens (tertiary/aromatic N) is 3. The van der Waals surface area contributed by atoms with Gasteiger partial charge in [-0.3, -0.25) is 14.5 Å². The summed E-state index contributed by atoms with van der Waals surface area (Å²) in [6.07, 6.45) is 2.84. The predicted octanol–water partition coefficient (Wildman–Crippen LogP) is 1.65. The lowest BCUT2D eigenvalue weighted by molar-refractivity contribution is -0.139. The van der Waals surface area contributed by atoms with Crippen LogP contribution < -0.4 is 0 Å². The van der Waals surface area contributed by atoms with Gasteiger partial charge in [-0.05, 0) is 49.5 Å². The maximum Gasteiger partial charge on any atom is 0.223 e. The Morgan fingerprint density at radius 3 is 2.56 bits per heavy atom. The summed E-state index contributed by atoms with van der Waals surface area (Å²) in [5.74, 6) is 1.14. The number of rotatable bonds is 4. The molecule has 4 heterocycles. The molecule has 0 radical (unpaired) electrons. The van der Waals surface area contributed by atoms with Crippen LogP contribution in [0.2, 0.25) is 0 Å². The normalized spacial score (nSPS) is 31.6. The lowest BCUT2D eigenvalue weighted by Gasteiger charge is -2.51. The van der Waals surface area contributed by atoms with Gasteiger partial charge in [0.1, 0.15) is 5.75 Å². The first-order valence-corrected chi connectivity index (χ1v) is 9.98. The van der Waals surface area contributed by atoms with E-state index in [2.05, 4.69) is 15.9 Å². The Labute approximate surface area is 160 Å². The molecule has 0 aromatic heterocycles. The zero-order valence-electron chi connectivity index (χ0n) is 16.2. The van der Waals surface area contributed by atoms with E-state index >= 15 is 0 Å². The molecule has 3 atom stereocenters. The van der Waals surface area contributed by atoms with Crippen LogP contribution in [0.1, 0.15) is 37.2 Å². The summed E-state index contributed by atoms with van der Waals surface area (Å²) < 4.78 is 0. The van der Waals surface area contributed by atoms with Crippen molar-refractivity contribution in [3.63, 3.8) is 0 Å². The highest BCUT2D eigenvalue weighted by atomic mass is 16.3. The number of carbonyl (C=O) groups excluding carboxylic acids is 2. The minimum atomic E-state index is -0.00227. The lowest BCUT2D eigenvalue weighted by Crippen LogP contribution is -2.60. The first-order chi connectivity index (χ1) is 13.0. The number of aromatic hydroxyl groups is 1. The average molecular weight is 371 g/mol. The molecule has 0 saturated carbocycles. The third-order valence-corrected chi connectivity index (χ3v) is 6.66. The number of fused-ring (bicyclic) bond motifs is 2. The maximum absolute atomic E-state index is 13.0. The van der Waals surface area contributed by atoms with E-state index in [1.165, 1.54) is 0 Å². The molecule has 0 spiro atoms. The summed E-state index contributed by atoms with van der Waals surface area (Å²) in [4.78, 5) is 31.1. The van der Waals surface area contributed by atoms with Gasteiger partial charge in [-0.2, -0.15) is 0 Å². The van der Waals surface area contributed by atoms with Crippen molar-refractivity contribution in [3.05, 3.63) is 29.8 Å². The second kappa shape index (κ2) is 7.15. The molecule has 146 valence electrons. The Hall–Kier alpha value is -2.08. The number of phenolic OH excluding ortho intramolecular Hbond substituents is 1. The zero-order valence-corrected chi connectivity index (χ0v) is 16.2. The van der Waals surface area contributed by atoms with Crippen LogP contribution >= 0.6 is 0 Å². The third-order valence-electron chi connectivity index (χ3n) is 6.66. The van der Waals surface area contributed by atoms with E-state index in [1.54, 1.807) is 25.1 Å². The molecule has 5 rings (SSSR count). The second-order valence-electron chi connectivity index (χ2n) is 8.39. The zero-order chi connectivity index (χ0) is 19.1. The fraction of sp³-hybridized carbons (Fsp3) is 0.619. The molecule has 2 bridgehead atoms. The quantitative estimate of drug-likeness (QED) is 0.874. The minimum absolute atomic E-state index is 0.00227. The molecular weight excluding hydrogens is 342 g/mol. The molecular formula is C21H29N3O3. The largest absolute Gasteiger partial charge is 0.508 e. The lowest BCUT2D eigenvalue weighted by atomic mass is 9.75. The molecule has 3 unspecified atom stereocenters. The van der Waals surface area contributed by atoms with Crippen molar-refractivity contribution in [1.29, 1.82) is 0 Å². The van der Waals surface area contributed by atoms with Gasteiger partial charge in [-0.25, -0.2) is 0 Å². The molecule has 4 aliphatic heterocycles. The summed E-state index contributed by atoms with van der Waals surface area (Å²) in [5.41, 5.74) is 1.11. The van der Waals surface area contributed by atoms with E-state index in [0.29, 0.717) is 18.5 Å². The molecule has 4 aliphatic rings. The predicted molar refractivity (Wildman–Crippen MR) is 102 cm³/mol. The molecule has 4 saturated heterocycles. The molecule has 6 nitrogen and oxygen atoms in total. The SMILES string of the molecule is CN(C)C(=O)CCC(=O)N1CC(c2cccc(O)c2)C2C1C1CCN2CC1. The first-order valence-electron chi connectivity index (χ1n) is 9.98. The van der Waals surface area contributed by atoms with E-state index in [4.69, 9.17) is 0 Å². The van der Waals surface area contributed by atoms with Crippen LogP contribution in [0.3, 0.4) is 0 Å². The van der Waals surface area contributed by atoms with Gasteiger partial charge in [0.15, 0.2) is 0 Å². The first kappa shape index (κ1) is 18.3. The van der Waals surface area contributed by atoms with Gasteiger partial charge in [0.2, 0.25) is 11.8 Å². The van der Waals surface area contributed by atoms with Gasteiger partial charge in [-0.15, -0.1) is 0 Å². The summed E-state index contributed by atoms with van der Waals surface area (Å²) in [6.45, 7) is 2.88. The van der Waals surface area contributed by atoms with Crippen LogP contribution in [0.25, 0.3) is 0 Å². The van der Waals surface area contributed by atoms with Gasteiger partial charge in [0.05, 0.1) is 6.04 Å². The molecule has 1 aromatic carbocycles. The second-order valence-corrected chi connectivity index (χ2v) is 8.39. The number of amides is 2. The molecule has 1 aromatic rings. The molecule has 2 amide bonds. The van der Waals surface area contributed by atoms with Crippen LogP contribution in [0.15, 0.2) is 24.3 Å². The Morgan fingerprint density at radius 1 is 1.15 bits per heavy atom. The molecule has 1 N–H and O–H groups in total. The Bertz CT molecular complexity index is 727. The number of likely N-dealkylation sites (tertiary alicyclic amines) is 1. The van der Waals surface area contributed by atoms with Crippen LogP contribution in [0, 0.1) is 5.92 Å². The van der Waals surface area contributed by atoms with Gasteiger partial charge < -0.3 is 14.9 Å².